The highest BCUT2D eigenvalue weighted by atomic mass is 32.2. The summed E-state index contributed by atoms with van der Waals surface area (Å²) < 4.78 is 26.0. The van der Waals surface area contributed by atoms with E-state index in [1.54, 1.807) is 12.4 Å². The van der Waals surface area contributed by atoms with Crippen LogP contribution in [0.5, 0.6) is 0 Å². The Morgan fingerprint density at radius 1 is 1.21 bits per heavy atom. The predicted molar refractivity (Wildman–Crippen MR) is 73.0 cm³/mol. The minimum Gasteiger partial charge on any atom is -0.312 e. The maximum Gasteiger partial charge on any atom is 0.139 e. The summed E-state index contributed by atoms with van der Waals surface area (Å²) in [6.45, 7) is 1.48. The Morgan fingerprint density at radius 3 is 2.84 bits per heavy atom. The summed E-state index contributed by atoms with van der Waals surface area (Å²) in [4.78, 5) is 4.50. The first-order valence-corrected chi connectivity index (χ1v) is 6.92. The molecule has 0 spiro atoms. The quantitative estimate of drug-likeness (QED) is 0.649. The van der Waals surface area contributed by atoms with E-state index in [-0.39, 0.29) is 0 Å². The molecule has 2 nitrogen and oxygen atoms in total. The number of benzene rings is 1. The van der Waals surface area contributed by atoms with Crippen LogP contribution in [0.15, 0.2) is 47.6 Å². The fraction of sp³-hybridized carbons (Fsp3) is 0.214. The van der Waals surface area contributed by atoms with Gasteiger partial charge in [0.15, 0.2) is 0 Å². The van der Waals surface area contributed by atoms with E-state index in [4.69, 9.17) is 0 Å². The molecule has 0 aliphatic heterocycles. The molecule has 5 heteroatoms. The smallest absolute Gasteiger partial charge is 0.139 e. The monoisotopic (exact) mass is 280 g/mol. The zero-order valence-corrected chi connectivity index (χ0v) is 11.1. The molecule has 1 N–H and O–H groups in total. The normalized spacial score (nSPS) is 10.6. The van der Waals surface area contributed by atoms with E-state index in [9.17, 15) is 8.78 Å². The lowest BCUT2D eigenvalue weighted by Gasteiger charge is -2.05. The highest BCUT2D eigenvalue weighted by Gasteiger charge is 2.03. The molecule has 0 saturated carbocycles. The number of thioether (sulfide) groups is 1. The summed E-state index contributed by atoms with van der Waals surface area (Å²) in [6, 6.07) is 7.53. The van der Waals surface area contributed by atoms with Crippen molar-refractivity contribution in [2.45, 2.75) is 11.4 Å². The lowest BCUT2D eigenvalue weighted by Crippen LogP contribution is -2.16. The van der Waals surface area contributed by atoms with Gasteiger partial charge in [0.2, 0.25) is 0 Å². The third kappa shape index (κ3) is 4.61. The molecule has 0 bridgehead atoms. The second-order valence-corrected chi connectivity index (χ2v) is 5.10. The van der Waals surface area contributed by atoms with Gasteiger partial charge in [-0.2, -0.15) is 0 Å². The largest absolute Gasteiger partial charge is 0.312 e. The van der Waals surface area contributed by atoms with Crippen molar-refractivity contribution in [2.75, 3.05) is 12.3 Å². The van der Waals surface area contributed by atoms with Crippen LogP contribution in [0, 0.1) is 11.6 Å². The first-order valence-electron chi connectivity index (χ1n) is 5.93. The molecule has 0 radical (unpaired) electrons. The number of hydrogen-bond acceptors (Lipinski definition) is 3. The molecule has 0 fully saturated rings. The molecule has 0 saturated heterocycles. The molecule has 2 rings (SSSR count). The van der Waals surface area contributed by atoms with Crippen LogP contribution >= 0.6 is 11.8 Å². The Labute approximate surface area is 115 Å². The van der Waals surface area contributed by atoms with Crippen molar-refractivity contribution in [3.8, 4) is 0 Å². The van der Waals surface area contributed by atoms with Gasteiger partial charge in [0.25, 0.3) is 0 Å². The van der Waals surface area contributed by atoms with Gasteiger partial charge in [-0.1, -0.05) is 6.07 Å². The van der Waals surface area contributed by atoms with Crippen LogP contribution in [0.3, 0.4) is 0 Å². The zero-order chi connectivity index (χ0) is 13.5. The molecule has 0 unspecified atom stereocenters. The summed E-state index contributed by atoms with van der Waals surface area (Å²) >= 11 is 1.37. The van der Waals surface area contributed by atoms with E-state index >= 15 is 0 Å². The van der Waals surface area contributed by atoms with Crippen molar-refractivity contribution in [1.82, 2.24) is 10.3 Å². The zero-order valence-electron chi connectivity index (χ0n) is 10.3. The number of hydrogen-bond donors (Lipinski definition) is 1. The summed E-state index contributed by atoms with van der Waals surface area (Å²) in [5.41, 5.74) is 1.11. The Hall–Kier alpha value is -1.46. The second kappa shape index (κ2) is 7.21. The van der Waals surface area contributed by atoms with Crippen molar-refractivity contribution in [3.05, 3.63) is 59.9 Å². The van der Waals surface area contributed by atoms with Crippen LogP contribution in [0.2, 0.25) is 0 Å². The molecule has 100 valence electrons. The van der Waals surface area contributed by atoms with Gasteiger partial charge in [0, 0.05) is 42.2 Å². The van der Waals surface area contributed by atoms with Crippen LogP contribution in [-0.4, -0.2) is 17.3 Å². The van der Waals surface area contributed by atoms with Gasteiger partial charge >= 0.3 is 0 Å². The van der Waals surface area contributed by atoms with Crippen LogP contribution in [-0.2, 0) is 6.54 Å². The lowest BCUT2D eigenvalue weighted by atomic mass is 10.3. The number of rotatable bonds is 6. The molecule has 0 aliphatic rings. The lowest BCUT2D eigenvalue weighted by molar-refractivity contribution is 0.565. The molecular weight excluding hydrogens is 266 g/mol. The van der Waals surface area contributed by atoms with Gasteiger partial charge in [-0.15, -0.1) is 11.8 Å². The summed E-state index contributed by atoms with van der Waals surface area (Å²) in [5, 5.41) is 3.25. The maximum atomic E-state index is 13.3. The van der Waals surface area contributed by atoms with Gasteiger partial charge in [-0.25, -0.2) is 8.78 Å². The van der Waals surface area contributed by atoms with E-state index in [1.165, 1.54) is 23.9 Å². The van der Waals surface area contributed by atoms with E-state index in [1.807, 2.05) is 12.1 Å². The van der Waals surface area contributed by atoms with Crippen molar-refractivity contribution in [2.24, 2.45) is 0 Å². The predicted octanol–water partition coefficient (Wildman–Crippen LogP) is 3.24. The van der Waals surface area contributed by atoms with Crippen molar-refractivity contribution < 1.29 is 8.78 Å². The summed E-state index contributed by atoms with van der Waals surface area (Å²) in [7, 11) is 0. The average Bonchev–Trinajstić information content (AvgIpc) is 2.42. The van der Waals surface area contributed by atoms with Crippen LogP contribution in [0.4, 0.5) is 8.78 Å². The van der Waals surface area contributed by atoms with Crippen LogP contribution in [0.25, 0.3) is 0 Å². The maximum absolute atomic E-state index is 13.3. The highest BCUT2D eigenvalue weighted by Crippen LogP contribution is 2.21. The number of nitrogens with one attached hydrogen (secondary N) is 1. The van der Waals surface area contributed by atoms with Gasteiger partial charge in [0.1, 0.15) is 11.6 Å². The fourth-order valence-electron chi connectivity index (χ4n) is 1.56. The molecule has 1 aromatic carbocycles. The topological polar surface area (TPSA) is 24.9 Å². The van der Waals surface area contributed by atoms with E-state index in [2.05, 4.69) is 10.3 Å². The Bertz CT molecular complexity index is 520. The van der Waals surface area contributed by atoms with Gasteiger partial charge < -0.3 is 5.32 Å². The first-order chi connectivity index (χ1) is 9.25. The minimum absolute atomic E-state index is 0.476. The standard InChI is InChI=1S/C14H14F2N2S/c15-12-3-4-14(13(16)8-12)19-7-6-18-10-11-2-1-5-17-9-11/h1-5,8-9,18H,6-7,10H2. The van der Waals surface area contributed by atoms with Crippen molar-refractivity contribution >= 4 is 11.8 Å². The molecule has 0 aliphatic carbocycles. The van der Waals surface area contributed by atoms with E-state index in [0.717, 1.165) is 30.5 Å². The van der Waals surface area contributed by atoms with E-state index < -0.39 is 11.6 Å². The van der Waals surface area contributed by atoms with Gasteiger partial charge in [-0.3, -0.25) is 4.98 Å². The summed E-state index contributed by atoms with van der Waals surface area (Å²) in [5.74, 6) is -0.322. The molecule has 2 aromatic rings. The molecule has 0 amide bonds. The van der Waals surface area contributed by atoms with Crippen molar-refractivity contribution in [1.29, 1.82) is 0 Å². The number of aromatic nitrogens is 1. The average molecular weight is 280 g/mol. The second-order valence-electron chi connectivity index (χ2n) is 3.96. The molecule has 19 heavy (non-hydrogen) atoms. The number of halogens is 2. The van der Waals surface area contributed by atoms with Gasteiger partial charge in [0.05, 0.1) is 0 Å². The van der Waals surface area contributed by atoms with Crippen LogP contribution in [0.1, 0.15) is 5.56 Å². The Morgan fingerprint density at radius 2 is 2.11 bits per heavy atom. The third-order valence-electron chi connectivity index (χ3n) is 2.48. The van der Waals surface area contributed by atoms with Crippen LogP contribution < -0.4 is 5.32 Å². The molecular formula is C14H14F2N2S. The fourth-order valence-corrected chi connectivity index (χ4v) is 2.39. The Kier molecular flexibility index (Phi) is 5.30. The highest BCUT2D eigenvalue weighted by molar-refractivity contribution is 7.99. The summed E-state index contributed by atoms with van der Waals surface area (Å²) in [6.07, 6.45) is 3.54. The first kappa shape index (κ1) is 14.0. The molecule has 0 atom stereocenters. The SMILES string of the molecule is Fc1ccc(SCCNCc2cccnc2)c(F)c1. The number of nitrogens with zero attached hydrogens (tertiary/aromatic N) is 1. The molecule has 1 aromatic heterocycles. The Balaban J connectivity index is 1.69. The van der Waals surface area contributed by atoms with Gasteiger partial charge in [-0.05, 0) is 23.8 Å². The molecule has 1 heterocycles. The third-order valence-corrected chi connectivity index (χ3v) is 3.53. The van der Waals surface area contributed by atoms with E-state index in [0.29, 0.717) is 4.90 Å². The number of pyridine rings is 1. The van der Waals surface area contributed by atoms with Crippen molar-refractivity contribution in [3.63, 3.8) is 0 Å². The minimum atomic E-state index is -0.545.